The van der Waals surface area contributed by atoms with Gasteiger partial charge in [-0.2, -0.15) is 0 Å². The van der Waals surface area contributed by atoms with Crippen LogP contribution in [0.3, 0.4) is 0 Å². The van der Waals surface area contributed by atoms with E-state index in [0.29, 0.717) is 0 Å². The van der Waals surface area contributed by atoms with Crippen LogP contribution in [0.5, 0.6) is 0 Å². The molecule has 0 spiro atoms. The minimum atomic E-state index is 1.26. The Balaban J connectivity index is 2.05. The fraction of sp³-hybridized carbons (Fsp3) is 0.0588. The van der Waals surface area contributed by atoms with Crippen LogP contribution < -0.4 is 0 Å². The zero-order valence-electron chi connectivity index (χ0n) is 10.7. The summed E-state index contributed by atoms with van der Waals surface area (Å²) in [6.07, 6.45) is 6.56. The van der Waals surface area contributed by atoms with Crippen LogP contribution >= 0.6 is 22.6 Å². The molecule has 2 aromatic carbocycles. The molecule has 0 amide bonds. The lowest BCUT2D eigenvalue weighted by Gasteiger charge is -1.96. The van der Waals surface area contributed by atoms with Gasteiger partial charge in [-0.15, -0.1) is 0 Å². The van der Waals surface area contributed by atoms with Crippen molar-refractivity contribution in [3.8, 4) is 0 Å². The summed E-state index contributed by atoms with van der Waals surface area (Å²) in [5.74, 6) is 0. The third-order valence-electron chi connectivity index (χ3n) is 3.28. The van der Waals surface area contributed by atoms with E-state index in [4.69, 9.17) is 0 Å². The number of fused-ring (bicyclic) bond motifs is 1. The van der Waals surface area contributed by atoms with E-state index < -0.39 is 0 Å². The second-order valence-corrected chi connectivity index (χ2v) is 5.73. The Kier molecular flexibility index (Phi) is 3.42. The Hall–Kier alpha value is -1.55. The van der Waals surface area contributed by atoms with E-state index in [9.17, 15) is 0 Å². The van der Waals surface area contributed by atoms with Crippen LogP contribution in [0.4, 0.5) is 0 Å². The number of halogens is 1. The van der Waals surface area contributed by atoms with Crippen molar-refractivity contribution in [1.82, 2.24) is 4.57 Å². The minimum Gasteiger partial charge on any atom is -0.350 e. The third kappa shape index (κ3) is 2.45. The van der Waals surface area contributed by atoms with E-state index in [1.807, 2.05) is 0 Å². The predicted molar refractivity (Wildman–Crippen MR) is 91.0 cm³/mol. The van der Waals surface area contributed by atoms with Gasteiger partial charge >= 0.3 is 0 Å². The Morgan fingerprint density at radius 2 is 1.58 bits per heavy atom. The lowest BCUT2D eigenvalue weighted by molar-refractivity contribution is 0.968. The summed E-state index contributed by atoms with van der Waals surface area (Å²) in [6, 6.07) is 16.9. The van der Waals surface area contributed by atoms with Gasteiger partial charge in [0.1, 0.15) is 0 Å². The second-order valence-electron chi connectivity index (χ2n) is 4.57. The molecule has 2 heteroatoms. The number of aryl methyl sites for hydroxylation is 1. The van der Waals surface area contributed by atoms with Crippen LogP contribution in [-0.4, -0.2) is 4.57 Å². The quantitative estimate of drug-likeness (QED) is 0.571. The first kappa shape index (κ1) is 12.5. The van der Waals surface area contributed by atoms with Crippen LogP contribution in [0.15, 0.2) is 54.7 Å². The molecule has 0 radical (unpaired) electrons. The van der Waals surface area contributed by atoms with Crippen molar-refractivity contribution in [2.45, 2.75) is 0 Å². The first-order valence-electron chi connectivity index (χ1n) is 6.22. The van der Waals surface area contributed by atoms with Gasteiger partial charge in [0.15, 0.2) is 0 Å². The second kappa shape index (κ2) is 5.21. The van der Waals surface area contributed by atoms with Crippen LogP contribution in [0.2, 0.25) is 0 Å². The van der Waals surface area contributed by atoms with Crippen molar-refractivity contribution in [1.29, 1.82) is 0 Å². The van der Waals surface area contributed by atoms with Gasteiger partial charge in [0.25, 0.3) is 0 Å². The number of benzene rings is 2. The molecule has 3 aromatic rings. The lowest BCUT2D eigenvalue weighted by atomic mass is 10.1. The zero-order chi connectivity index (χ0) is 13.2. The van der Waals surface area contributed by atoms with Crippen LogP contribution in [0, 0.1) is 3.57 Å². The van der Waals surface area contributed by atoms with Gasteiger partial charge in [0, 0.05) is 27.7 Å². The van der Waals surface area contributed by atoms with Crippen molar-refractivity contribution in [2.24, 2.45) is 7.05 Å². The maximum atomic E-state index is 2.37. The fourth-order valence-corrected chi connectivity index (χ4v) is 2.86. The maximum absolute atomic E-state index is 2.37. The van der Waals surface area contributed by atoms with E-state index in [2.05, 4.69) is 101 Å². The Bertz CT molecular complexity index is 753. The number of aromatic nitrogens is 1. The highest BCUT2D eigenvalue weighted by Gasteiger charge is 2.02. The standard InChI is InChI=1S/C17H14IN/c1-19-12-14(15-7-3-5-9-17(15)19)11-10-13-6-2-4-8-16(13)18/h2-12H,1H3/b11-10+. The Morgan fingerprint density at radius 3 is 2.42 bits per heavy atom. The number of hydrogen-bond donors (Lipinski definition) is 0. The lowest BCUT2D eigenvalue weighted by Crippen LogP contribution is -1.81. The molecule has 0 aliphatic heterocycles. The van der Waals surface area contributed by atoms with Crippen molar-refractivity contribution in [2.75, 3.05) is 0 Å². The molecule has 0 aliphatic carbocycles. The van der Waals surface area contributed by atoms with E-state index >= 15 is 0 Å². The zero-order valence-corrected chi connectivity index (χ0v) is 12.8. The summed E-state index contributed by atoms with van der Waals surface area (Å²) in [4.78, 5) is 0. The van der Waals surface area contributed by atoms with Crippen LogP contribution in [-0.2, 0) is 7.05 Å². The van der Waals surface area contributed by atoms with Gasteiger partial charge in [-0.05, 0) is 45.9 Å². The Labute approximate surface area is 126 Å². The molecule has 19 heavy (non-hydrogen) atoms. The van der Waals surface area contributed by atoms with Crippen LogP contribution in [0.1, 0.15) is 11.1 Å². The number of para-hydroxylation sites is 1. The number of rotatable bonds is 2. The van der Waals surface area contributed by atoms with Crippen LogP contribution in [0.25, 0.3) is 23.1 Å². The molecule has 1 heterocycles. The van der Waals surface area contributed by atoms with Crippen molar-refractivity contribution >= 4 is 45.6 Å². The Morgan fingerprint density at radius 1 is 0.895 bits per heavy atom. The summed E-state index contributed by atoms with van der Waals surface area (Å²) in [5.41, 5.74) is 3.79. The van der Waals surface area contributed by atoms with E-state index in [0.717, 1.165) is 0 Å². The highest BCUT2D eigenvalue weighted by Crippen LogP contribution is 2.23. The summed E-state index contributed by atoms with van der Waals surface area (Å²) in [7, 11) is 2.09. The van der Waals surface area contributed by atoms with Crippen molar-refractivity contribution in [3.63, 3.8) is 0 Å². The van der Waals surface area contributed by atoms with Gasteiger partial charge in [-0.1, -0.05) is 48.6 Å². The molecule has 0 unspecified atom stereocenters. The molecule has 0 saturated carbocycles. The van der Waals surface area contributed by atoms with Gasteiger partial charge in [-0.25, -0.2) is 0 Å². The summed E-state index contributed by atoms with van der Waals surface area (Å²) < 4.78 is 3.45. The summed E-state index contributed by atoms with van der Waals surface area (Å²) in [5, 5.41) is 1.30. The normalized spacial score (nSPS) is 11.5. The average Bonchev–Trinajstić information content (AvgIpc) is 2.75. The first-order valence-corrected chi connectivity index (χ1v) is 7.30. The SMILES string of the molecule is Cn1cc(/C=C/c2ccccc2I)c2ccccc21. The van der Waals surface area contributed by atoms with Gasteiger partial charge in [0.05, 0.1) is 0 Å². The van der Waals surface area contributed by atoms with Gasteiger partial charge < -0.3 is 4.57 Å². The molecule has 1 aromatic heterocycles. The highest BCUT2D eigenvalue weighted by molar-refractivity contribution is 14.1. The smallest absolute Gasteiger partial charge is 0.0483 e. The molecule has 0 N–H and O–H groups in total. The van der Waals surface area contributed by atoms with Gasteiger partial charge in [-0.3, -0.25) is 0 Å². The molecular formula is C17H14IN. The monoisotopic (exact) mass is 359 g/mol. The largest absolute Gasteiger partial charge is 0.350 e. The summed E-state index contributed by atoms with van der Waals surface area (Å²) in [6.45, 7) is 0. The molecule has 94 valence electrons. The molecule has 3 rings (SSSR count). The molecule has 0 saturated heterocycles. The van der Waals surface area contributed by atoms with E-state index in [-0.39, 0.29) is 0 Å². The van der Waals surface area contributed by atoms with E-state index in [1.165, 1.54) is 25.6 Å². The first-order chi connectivity index (χ1) is 9.25. The average molecular weight is 359 g/mol. The summed E-state index contributed by atoms with van der Waals surface area (Å²) >= 11 is 2.37. The molecule has 0 bridgehead atoms. The van der Waals surface area contributed by atoms with Crippen molar-refractivity contribution < 1.29 is 0 Å². The third-order valence-corrected chi connectivity index (χ3v) is 4.26. The molecule has 1 nitrogen and oxygen atoms in total. The molecule has 0 atom stereocenters. The molecule has 0 fully saturated rings. The fourth-order valence-electron chi connectivity index (χ4n) is 2.30. The number of hydrogen-bond acceptors (Lipinski definition) is 0. The molecular weight excluding hydrogens is 345 g/mol. The van der Waals surface area contributed by atoms with Gasteiger partial charge in [0.2, 0.25) is 0 Å². The number of nitrogens with zero attached hydrogens (tertiary/aromatic N) is 1. The minimum absolute atomic E-state index is 1.26. The maximum Gasteiger partial charge on any atom is 0.0483 e. The molecule has 0 aliphatic rings. The van der Waals surface area contributed by atoms with Crippen molar-refractivity contribution in [3.05, 3.63) is 69.4 Å². The topological polar surface area (TPSA) is 4.93 Å². The predicted octanol–water partition coefficient (Wildman–Crippen LogP) is 4.95. The van der Waals surface area contributed by atoms with E-state index in [1.54, 1.807) is 0 Å². The highest BCUT2D eigenvalue weighted by atomic mass is 127.